The Morgan fingerprint density at radius 2 is 1.44 bits per heavy atom. The van der Waals surface area contributed by atoms with E-state index < -0.39 is 0 Å². The summed E-state index contributed by atoms with van der Waals surface area (Å²) < 4.78 is 47.6. The van der Waals surface area contributed by atoms with Crippen LogP contribution in [0.1, 0.15) is 28.4 Å². The molecule has 3 aromatic rings. The quantitative estimate of drug-likeness (QED) is 0.180. The number of carbonyl (C=O) groups is 1. The zero-order valence-corrected chi connectivity index (χ0v) is 31.4. The molecule has 0 radical (unpaired) electrons. The van der Waals surface area contributed by atoms with Crippen LogP contribution in [0.4, 0.5) is 17.1 Å². The molecule has 12 heteroatoms. The SMILES string of the molecule is CCOCCOCCN1CCOCCOCCNc2ccc(C)cc2OCCN(c2ccc(C=O)cc2OCCOC)CCOc2cc(C)ccc21. The van der Waals surface area contributed by atoms with Gasteiger partial charge >= 0.3 is 0 Å². The van der Waals surface area contributed by atoms with Gasteiger partial charge in [-0.2, -0.15) is 0 Å². The second kappa shape index (κ2) is 23.5. The normalized spacial score (nSPS) is 15.2. The zero-order valence-electron chi connectivity index (χ0n) is 31.4. The van der Waals surface area contributed by atoms with E-state index in [2.05, 4.69) is 46.3 Å². The minimum atomic E-state index is 0.343. The zero-order chi connectivity index (χ0) is 36.8. The molecule has 4 rings (SSSR count). The number of carbonyl (C=O) groups excluding carboxylic acids is 1. The van der Waals surface area contributed by atoms with Crippen molar-refractivity contribution in [2.24, 2.45) is 0 Å². The molecule has 3 aromatic carbocycles. The Kier molecular flexibility index (Phi) is 18.4. The third-order valence-electron chi connectivity index (χ3n) is 8.36. The van der Waals surface area contributed by atoms with Crippen molar-refractivity contribution in [3.8, 4) is 17.2 Å². The van der Waals surface area contributed by atoms with Crippen LogP contribution < -0.4 is 29.3 Å². The molecule has 0 unspecified atom stereocenters. The van der Waals surface area contributed by atoms with Crippen LogP contribution in [-0.2, 0) is 23.7 Å². The fourth-order valence-electron chi connectivity index (χ4n) is 5.64. The van der Waals surface area contributed by atoms with Gasteiger partial charge in [0.1, 0.15) is 43.4 Å². The maximum absolute atomic E-state index is 11.7. The topological polar surface area (TPSA) is 109 Å². The molecule has 0 fully saturated rings. The number of aldehydes is 1. The first-order valence-electron chi connectivity index (χ1n) is 18.2. The Bertz CT molecular complexity index is 1470. The van der Waals surface area contributed by atoms with Crippen LogP contribution in [0, 0.1) is 13.8 Å². The van der Waals surface area contributed by atoms with Gasteiger partial charge in [-0.05, 0) is 74.4 Å². The molecule has 0 atom stereocenters. The summed E-state index contributed by atoms with van der Waals surface area (Å²) in [6.07, 6.45) is 0.821. The lowest BCUT2D eigenvalue weighted by Crippen LogP contribution is -2.34. The molecule has 0 bridgehead atoms. The van der Waals surface area contributed by atoms with Crippen LogP contribution in [0.25, 0.3) is 0 Å². The van der Waals surface area contributed by atoms with E-state index in [9.17, 15) is 4.79 Å². The fourth-order valence-corrected chi connectivity index (χ4v) is 5.64. The fraction of sp³-hybridized carbons (Fsp3) is 0.525. The van der Waals surface area contributed by atoms with Gasteiger partial charge in [-0.15, -0.1) is 0 Å². The summed E-state index contributed by atoms with van der Waals surface area (Å²) >= 11 is 0. The van der Waals surface area contributed by atoms with Crippen LogP contribution in [0.5, 0.6) is 17.2 Å². The number of hydrogen-bond donors (Lipinski definition) is 1. The van der Waals surface area contributed by atoms with Crippen LogP contribution >= 0.6 is 0 Å². The van der Waals surface area contributed by atoms with Gasteiger partial charge in [0.15, 0.2) is 0 Å². The van der Waals surface area contributed by atoms with E-state index in [1.165, 1.54) is 0 Å². The highest BCUT2D eigenvalue weighted by molar-refractivity contribution is 5.78. The molecule has 1 N–H and O–H groups in total. The maximum atomic E-state index is 11.7. The molecular weight excluding hydrogens is 666 g/mol. The van der Waals surface area contributed by atoms with Crippen LogP contribution in [0.3, 0.4) is 0 Å². The second-order valence-electron chi connectivity index (χ2n) is 12.3. The Morgan fingerprint density at radius 1 is 0.731 bits per heavy atom. The highest BCUT2D eigenvalue weighted by atomic mass is 16.5. The minimum Gasteiger partial charge on any atom is -0.490 e. The maximum Gasteiger partial charge on any atom is 0.150 e. The molecule has 12 nitrogen and oxygen atoms in total. The first-order chi connectivity index (χ1) is 25.5. The molecule has 0 spiro atoms. The Balaban J connectivity index is 1.60. The molecule has 0 amide bonds. The highest BCUT2D eigenvalue weighted by Crippen LogP contribution is 2.32. The van der Waals surface area contributed by atoms with Gasteiger partial charge < -0.3 is 53.0 Å². The number of anilines is 3. The lowest BCUT2D eigenvalue weighted by molar-refractivity contribution is 0.0498. The largest absolute Gasteiger partial charge is 0.490 e. The number of nitrogens with one attached hydrogen (secondary N) is 1. The third kappa shape index (κ3) is 13.8. The molecule has 1 heterocycles. The van der Waals surface area contributed by atoms with Crippen molar-refractivity contribution in [1.29, 1.82) is 0 Å². The summed E-state index contributed by atoms with van der Waals surface area (Å²) in [5, 5.41) is 3.45. The van der Waals surface area contributed by atoms with E-state index in [0.717, 1.165) is 46.0 Å². The predicted octanol–water partition coefficient (Wildman–Crippen LogP) is 5.42. The average molecular weight is 724 g/mol. The van der Waals surface area contributed by atoms with Gasteiger partial charge in [0, 0.05) is 38.9 Å². The van der Waals surface area contributed by atoms with Crippen molar-refractivity contribution in [2.45, 2.75) is 20.8 Å². The summed E-state index contributed by atoms with van der Waals surface area (Å²) in [5.74, 6) is 2.14. The molecular formula is C40H57N3O9. The Hall–Kier alpha value is -4.07. The monoisotopic (exact) mass is 723 g/mol. The van der Waals surface area contributed by atoms with E-state index in [1.54, 1.807) is 19.2 Å². The Morgan fingerprint density at radius 3 is 2.21 bits per heavy atom. The van der Waals surface area contributed by atoms with Gasteiger partial charge in [-0.1, -0.05) is 12.1 Å². The standard InChI is InChI=1S/C40H57N3O9/c1-5-46-23-24-48-18-13-42-14-19-49-26-25-47-17-12-41-35-9-6-32(2)28-38(35)50-20-15-43(16-21-51-39-29-33(3)7-10-36(39)42)37-11-8-34(31-44)30-40(37)52-27-22-45-4/h6-11,28-31,41H,5,12-27H2,1-4H3. The number of hydrogen-bond acceptors (Lipinski definition) is 12. The number of nitrogens with zero attached hydrogens (tertiary/aromatic N) is 2. The van der Waals surface area contributed by atoms with Crippen molar-refractivity contribution >= 4 is 23.3 Å². The van der Waals surface area contributed by atoms with Crippen LogP contribution in [0.2, 0.25) is 0 Å². The van der Waals surface area contributed by atoms with Crippen LogP contribution in [0.15, 0.2) is 54.6 Å². The molecule has 52 heavy (non-hydrogen) atoms. The van der Waals surface area contributed by atoms with Crippen molar-refractivity contribution in [3.05, 3.63) is 71.3 Å². The lowest BCUT2D eigenvalue weighted by Gasteiger charge is -2.29. The summed E-state index contributed by atoms with van der Waals surface area (Å²) in [6.45, 7) is 15.0. The van der Waals surface area contributed by atoms with Gasteiger partial charge in [-0.25, -0.2) is 0 Å². The van der Waals surface area contributed by atoms with E-state index in [0.29, 0.717) is 123 Å². The first kappa shape index (κ1) is 40.7. The first-order valence-corrected chi connectivity index (χ1v) is 18.2. The summed E-state index contributed by atoms with van der Waals surface area (Å²) in [6, 6.07) is 17.9. The smallest absolute Gasteiger partial charge is 0.150 e. The van der Waals surface area contributed by atoms with Crippen LogP contribution in [-0.4, -0.2) is 125 Å². The second-order valence-corrected chi connectivity index (χ2v) is 12.3. The lowest BCUT2D eigenvalue weighted by atomic mass is 10.2. The van der Waals surface area contributed by atoms with Crippen molar-refractivity contribution in [2.75, 3.05) is 134 Å². The number of fused-ring (bicyclic) bond motifs is 2. The summed E-state index contributed by atoms with van der Waals surface area (Å²) in [4.78, 5) is 16.1. The van der Waals surface area contributed by atoms with E-state index in [4.69, 9.17) is 37.9 Å². The highest BCUT2D eigenvalue weighted by Gasteiger charge is 2.18. The van der Waals surface area contributed by atoms with E-state index >= 15 is 0 Å². The van der Waals surface area contributed by atoms with Gasteiger partial charge in [0.05, 0.1) is 83.0 Å². The molecule has 1 aliphatic heterocycles. The average Bonchev–Trinajstić information content (AvgIpc) is 3.14. The number of benzene rings is 3. The van der Waals surface area contributed by atoms with Gasteiger partial charge in [0.2, 0.25) is 0 Å². The molecule has 0 saturated carbocycles. The van der Waals surface area contributed by atoms with Crippen molar-refractivity contribution in [3.63, 3.8) is 0 Å². The van der Waals surface area contributed by atoms with E-state index in [1.807, 2.05) is 32.0 Å². The molecule has 286 valence electrons. The van der Waals surface area contributed by atoms with Gasteiger partial charge in [-0.3, -0.25) is 4.79 Å². The summed E-state index contributed by atoms with van der Waals surface area (Å²) in [7, 11) is 1.63. The van der Waals surface area contributed by atoms with Crippen molar-refractivity contribution < 1.29 is 42.7 Å². The van der Waals surface area contributed by atoms with Crippen molar-refractivity contribution in [1.82, 2.24) is 0 Å². The molecule has 1 aliphatic rings. The molecule has 0 saturated heterocycles. The van der Waals surface area contributed by atoms with E-state index in [-0.39, 0.29) is 0 Å². The predicted molar refractivity (Wildman–Crippen MR) is 204 cm³/mol. The summed E-state index contributed by atoms with van der Waals surface area (Å²) in [5.41, 5.74) is 5.43. The van der Waals surface area contributed by atoms with Gasteiger partial charge in [0.25, 0.3) is 0 Å². The number of aryl methyl sites for hydroxylation is 2. The number of ether oxygens (including phenoxy) is 8. The molecule has 0 aliphatic carbocycles. The minimum absolute atomic E-state index is 0.343. The number of methoxy groups -OCH3 is 1. The molecule has 0 aromatic heterocycles. The number of rotatable bonds is 13. The third-order valence-corrected chi connectivity index (χ3v) is 8.36. The Labute approximate surface area is 309 Å².